The fraction of sp³-hybridized carbons (Fsp3) is 0.364. The molecule has 11 heteroatoms. The standard InChI is InChI=1S/C11H15N5O.BF4/c1-12-11(15(2)3)17-9-7-5-6-8-10(9)13-14-16(8)4;2-1(3,4)5/h5-7H,1-4H3;/q;-1/p+1. The van der Waals surface area contributed by atoms with Gasteiger partial charge in [-0.3, -0.25) is 0 Å². The van der Waals surface area contributed by atoms with Crippen LogP contribution >= 0.6 is 0 Å². The zero-order valence-corrected chi connectivity index (χ0v) is 12.5. The molecule has 0 bridgehead atoms. The predicted molar refractivity (Wildman–Crippen MR) is 75.1 cm³/mol. The number of aliphatic imine (C=N–C) groups is 1. The van der Waals surface area contributed by atoms with Gasteiger partial charge in [0, 0.05) is 26.2 Å². The molecule has 0 spiro atoms. The van der Waals surface area contributed by atoms with Crippen molar-refractivity contribution < 1.29 is 26.7 Å². The van der Waals surface area contributed by atoms with Crippen LogP contribution in [0, 0.1) is 0 Å². The van der Waals surface area contributed by atoms with Crippen molar-refractivity contribution in [3.05, 3.63) is 18.2 Å². The number of halogens is 4. The minimum Gasteiger partial charge on any atom is -0.421 e. The third-order valence-corrected chi connectivity index (χ3v) is 2.43. The van der Waals surface area contributed by atoms with Gasteiger partial charge in [0.15, 0.2) is 5.75 Å². The van der Waals surface area contributed by atoms with Crippen molar-refractivity contribution in [2.75, 3.05) is 21.1 Å². The van der Waals surface area contributed by atoms with E-state index < -0.39 is 7.25 Å². The lowest BCUT2D eigenvalue weighted by Crippen LogP contribution is -2.30. The summed E-state index contributed by atoms with van der Waals surface area (Å²) in [5.41, 5.74) is 1.77. The molecule has 0 atom stereocenters. The van der Waals surface area contributed by atoms with Gasteiger partial charge in [0.1, 0.15) is 7.05 Å². The first-order valence-corrected chi connectivity index (χ1v) is 6.16. The Morgan fingerprint density at radius 1 is 1.32 bits per heavy atom. The zero-order chi connectivity index (χ0) is 16.9. The molecule has 22 heavy (non-hydrogen) atoms. The number of H-pyrrole nitrogens is 1. The summed E-state index contributed by atoms with van der Waals surface area (Å²) >= 11 is 0. The molecule has 6 nitrogen and oxygen atoms in total. The lowest BCUT2D eigenvalue weighted by atomic mass is 10.3. The minimum absolute atomic E-state index is 0.545. The summed E-state index contributed by atoms with van der Waals surface area (Å²) in [6.45, 7) is 0. The van der Waals surface area contributed by atoms with Crippen LogP contribution in [0.4, 0.5) is 17.3 Å². The molecule has 2 rings (SSSR count). The van der Waals surface area contributed by atoms with Crippen molar-refractivity contribution in [1.29, 1.82) is 0 Å². The topological polar surface area (TPSA) is 57.4 Å². The van der Waals surface area contributed by atoms with Gasteiger partial charge in [-0.2, -0.15) is 4.68 Å². The molecule has 122 valence electrons. The first-order chi connectivity index (χ1) is 10.1. The molecular weight excluding hydrogens is 305 g/mol. The number of benzene rings is 1. The first kappa shape index (κ1) is 17.7. The van der Waals surface area contributed by atoms with Crippen LogP contribution in [0.1, 0.15) is 0 Å². The molecule has 1 aromatic heterocycles. The molecule has 1 aromatic carbocycles. The maximum Gasteiger partial charge on any atom is 0.673 e. The molecule has 0 fully saturated rings. The van der Waals surface area contributed by atoms with Crippen molar-refractivity contribution in [3.8, 4) is 5.75 Å². The van der Waals surface area contributed by atoms with Crippen LogP contribution in [-0.4, -0.2) is 49.6 Å². The second-order valence-electron chi connectivity index (χ2n) is 4.39. The summed E-state index contributed by atoms with van der Waals surface area (Å²) in [5, 5.41) is 7.07. The van der Waals surface area contributed by atoms with Crippen LogP contribution in [0.2, 0.25) is 0 Å². The Balaban J connectivity index is 0.000000422. The Hall–Kier alpha value is -2.33. The van der Waals surface area contributed by atoms with Crippen molar-refractivity contribution in [2.24, 2.45) is 12.0 Å². The number of hydrogen-bond donors (Lipinski definition) is 1. The van der Waals surface area contributed by atoms with Crippen LogP contribution < -0.4 is 9.42 Å². The van der Waals surface area contributed by atoms with Gasteiger partial charge in [-0.1, -0.05) is 11.3 Å². The van der Waals surface area contributed by atoms with E-state index in [0.29, 0.717) is 11.8 Å². The largest absolute Gasteiger partial charge is 0.673 e. The number of rotatable bonds is 1. The monoisotopic (exact) mass is 321 g/mol. The van der Waals surface area contributed by atoms with Crippen LogP contribution in [0.3, 0.4) is 0 Å². The van der Waals surface area contributed by atoms with E-state index in [1.807, 2.05) is 48.9 Å². The molecule has 0 amide bonds. The number of para-hydroxylation sites is 1. The lowest BCUT2D eigenvalue weighted by molar-refractivity contribution is -0.707. The minimum atomic E-state index is -6.00. The number of aromatic amines is 1. The number of nitrogens with zero attached hydrogens (tertiary/aromatic N) is 4. The Morgan fingerprint density at radius 2 is 1.91 bits per heavy atom. The number of hydrogen-bond acceptors (Lipinski definition) is 3. The maximum absolute atomic E-state index is 9.75. The normalized spacial score (nSPS) is 11.9. The average molecular weight is 321 g/mol. The Kier molecular flexibility index (Phi) is 5.72. The number of nitrogens with one attached hydrogen (secondary N) is 1. The van der Waals surface area contributed by atoms with Gasteiger partial charge in [-0.25, -0.2) is 4.99 Å². The third kappa shape index (κ3) is 5.22. The summed E-state index contributed by atoms with van der Waals surface area (Å²) in [4.78, 5) is 5.88. The fourth-order valence-electron chi connectivity index (χ4n) is 1.59. The van der Waals surface area contributed by atoms with E-state index in [-0.39, 0.29) is 0 Å². The van der Waals surface area contributed by atoms with E-state index in [1.54, 1.807) is 7.05 Å². The van der Waals surface area contributed by atoms with E-state index in [4.69, 9.17) is 4.74 Å². The van der Waals surface area contributed by atoms with E-state index in [9.17, 15) is 17.3 Å². The van der Waals surface area contributed by atoms with Gasteiger partial charge < -0.3 is 26.9 Å². The van der Waals surface area contributed by atoms with Crippen LogP contribution in [0.25, 0.3) is 11.0 Å². The number of aryl methyl sites for hydroxylation is 1. The van der Waals surface area contributed by atoms with Crippen molar-refractivity contribution >= 4 is 24.3 Å². The van der Waals surface area contributed by atoms with Gasteiger partial charge in [0.05, 0.1) is 0 Å². The van der Waals surface area contributed by atoms with Crippen molar-refractivity contribution in [3.63, 3.8) is 0 Å². The summed E-state index contributed by atoms with van der Waals surface area (Å²) in [6.07, 6.45) is 0. The molecule has 0 saturated carbocycles. The van der Waals surface area contributed by atoms with E-state index in [0.717, 1.165) is 11.0 Å². The third-order valence-electron chi connectivity index (χ3n) is 2.43. The highest BCUT2D eigenvalue weighted by Gasteiger charge is 2.20. The van der Waals surface area contributed by atoms with E-state index in [2.05, 4.69) is 15.3 Å². The zero-order valence-electron chi connectivity index (χ0n) is 12.5. The van der Waals surface area contributed by atoms with Crippen LogP contribution in [0.15, 0.2) is 23.2 Å². The highest BCUT2D eigenvalue weighted by molar-refractivity contribution is 6.50. The second-order valence-corrected chi connectivity index (χ2v) is 4.39. The molecule has 0 aliphatic heterocycles. The fourth-order valence-corrected chi connectivity index (χ4v) is 1.59. The van der Waals surface area contributed by atoms with Crippen molar-refractivity contribution in [1.82, 2.24) is 15.2 Å². The smallest absolute Gasteiger partial charge is 0.421 e. The predicted octanol–water partition coefficient (Wildman–Crippen LogP) is 1.61. The summed E-state index contributed by atoms with van der Waals surface area (Å²) in [5.74, 6) is 0.689. The Labute approximate surface area is 124 Å². The molecule has 0 aliphatic carbocycles. The number of aromatic nitrogens is 3. The molecule has 0 aliphatic rings. The lowest BCUT2D eigenvalue weighted by Gasteiger charge is -2.14. The Morgan fingerprint density at radius 3 is 2.41 bits per heavy atom. The van der Waals surface area contributed by atoms with Gasteiger partial charge in [-0.05, 0) is 12.1 Å². The molecular formula is C11H16BF4N5O. The molecule has 1 heterocycles. The molecule has 0 radical (unpaired) electrons. The highest BCUT2D eigenvalue weighted by Crippen LogP contribution is 2.20. The maximum atomic E-state index is 9.75. The first-order valence-electron chi connectivity index (χ1n) is 6.16. The quantitative estimate of drug-likeness (QED) is 0.285. The highest BCUT2D eigenvalue weighted by atomic mass is 19.5. The van der Waals surface area contributed by atoms with Crippen LogP contribution in [0.5, 0.6) is 5.75 Å². The summed E-state index contributed by atoms with van der Waals surface area (Å²) < 4.78 is 46.6. The van der Waals surface area contributed by atoms with Crippen LogP contribution in [-0.2, 0) is 7.05 Å². The molecule has 2 aromatic rings. The molecule has 1 N–H and O–H groups in total. The van der Waals surface area contributed by atoms with Gasteiger partial charge in [-0.15, -0.1) is 0 Å². The van der Waals surface area contributed by atoms with E-state index >= 15 is 0 Å². The Bertz CT molecular complexity index is 649. The SMILES string of the molecule is CN=C(Oc1cccc2c1n[nH][n+]2C)N(C)C.F[B-](F)(F)F. The van der Waals surface area contributed by atoms with Crippen molar-refractivity contribution in [2.45, 2.75) is 0 Å². The number of amidine groups is 1. The number of ether oxygens (including phenoxy) is 1. The average Bonchev–Trinajstić information content (AvgIpc) is 2.76. The van der Waals surface area contributed by atoms with Gasteiger partial charge in [0.2, 0.25) is 5.52 Å². The second kappa shape index (κ2) is 7.10. The molecule has 0 saturated heterocycles. The number of fused-ring (bicyclic) bond motifs is 1. The molecule has 0 unspecified atom stereocenters. The van der Waals surface area contributed by atoms with E-state index in [1.165, 1.54) is 0 Å². The van der Waals surface area contributed by atoms with Gasteiger partial charge in [0.25, 0.3) is 11.5 Å². The summed E-state index contributed by atoms with van der Waals surface area (Å²) in [6, 6.07) is 6.32. The van der Waals surface area contributed by atoms with Gasteiger partial charge >= 0.3 is 7.25 Å². The summed E-state index contributed by atoms with van der Waals surface area (Å²) in [7, 11) is 1.36.